The number of para-hydroxylation sites is 1. The van der Waals surface area contributed by atoms with E-state index in [2.05, 4.69) is 37.0 Å². The highest BCUT2D eigenvalue weighted by Gasteiger charge is 2.23. The van der Waals surface area contributed by atoms with Gasteiger partial charge in [-0.15, -0.1) is 0 Å². The summed E-state index contributed by atoms with van der Waals surface area (Å²) in [6, 6.07) is 9.07. The molecule has 190 valence electrons. The average molecular weight is 621 g/mol. The van der Waals surface area contributed by atoms with Crippen LogP contribution in [0, 0.1) is 0 Å². The molecule has 1 aliphatic carbocycles. The van der Waals surface area contributed by atoms with Crippen molar-refractivity contribution < 1.29 is 19.0 Å². The highest BCUT2D eigenvalue weighted by Crippen LogP contribution is 2.42. The second-order valence-electron chi connectivity index (χ2n) is 8.40. The molecule has 0 aliphatic heterocycles. The van der Waals surface area contributed by atoms with Gasteiger partial charge in [0.2, 0.25) is 0 Å². The number of methoxy groups -OCH3 is 1. The van der Waals surface area contributed by atoms with Crippen LogP contribution >= 0.6 is 31.9 Å². The van der Waals surface area contributed by atoms with E-state index in [1.807, 2.05) is 18.2 Å². The minimum atomic E-state index is -0.480. The number of nitrogens with zero attached hydrogens (tertiary/aromatic N) is 3. The first-order valence-corrected chi connectivity index (χ1v) is 13.4. The first-order chi connectivity index (χ1) is 17.4. The van der Waals surface area contributed by atoms with Crippen LogP contribution in [-0.2, 0) is 9.53 Å². The number of carbonyl (C=O) groups excluding carboxylic acids is 1. The molecule has 0 saturated heterocycles. The number of fused-ring (bicyclic) bond motifs is 1. The number of hydrogen-bond donors (Lipinski definition) is 0. The second kappa shape index (κ2) is 12.0. The standard InChI is InChI=1S/C26H27Br2N3O5/c1-3-35-21(32)15-36-24-20(34-2)13-17(22(27)23(24)28)14-29-31-25(16-9-5-4-6-10-16)30-19-12-8-7-11-18(19)26(31)33/h7-8,11-14,16H,3-6,9-10,15H2,1-2H3. The Morgan fingerprint density at radius 1 is 1.19 bits per heavy atom. The highest BCUT2D eigenvalue weighted by molar-refractivity contribution is 9.13. The van der Waals surface area contributed by atoms with Gasteiger partial charge in [0.15, 0.2) is 18.1 Å². The molecule has 0 atom stereocenters. The van der Waals surface area contributed by atoms with Crippen molar-refractivity contribution in [2.24, 2.45) is 5.10 Å². The Bertz CT molecular complexity index is 1350. The molecular formula is C26H27Br2N3O5. The Balaban J connectivity index is 1.74. The van der Waals surface area contributed by atoms with Crippen molar-refractivity contribution in [1.82, 2.24) is 9.66 Å². The number of ether oxygens (including phenoxy) is 3. The van der Waals surface area contributed by atoms with E-state index in [-0.39, 0.29) is 24.7 Å². The summed E-state index contributed by atoms with van der Waals surface area (Å²) in [5, 5.41) is 5.13. The lowest BCUT2D eigenvalue weighted by molar-refractivity contribution is -0.145. The van der Waals surface area contributed by atoms with Crippen molar-refractivity contribution in [2.45, 2.75) is 44.9 Å². The van der Waals surface area contributed by atoms with Gasteiger partial charge in [-0.2, -0.15) is 9.78 Å². The largest absolute Gasteiger partial charge is 0.493 e. The minimum absolute atomic E-state index is 0.177. The van der Waals surface area contributed by atoms with Gasteiger partial charge in [-0.05, 0) is 69.8 Å². The second-order valence-corrected chi connectivity index (χ2v) is 9.99. The lowest BCUT2D eigenvalue weighted by Crippen LogP contribution is -2.25. The first kappa shape index (κ1) is 26.3. The van der Waals surface area contributed by atoms with E-state index in [4.69, 9.17) is 19.2 Å². The van der Waals surface area contributed by atoms with E-state index in [0.717, 1.165) is 25.7 Å². The predicted molar refractivity (Wildman–Crippen MR) is 145 cm³/mol. The molecule has 1 aliphatic rings. The molecule has 3 aromatic rings. The number of aromatic nitrogens is 2. The Morgan fingerprint density at radius 3 is 2.67 bits per heavy atom. The topological polar surface area (TPSA) is 92.0 Å². The van der Waals surface area contributed by atoms with Crippen LogP contribution < -0.4 is 15.0 Å². The predicted octanol–water partition coefficient (Wildman–Crippen LogP) is 5.80. The summed E-state index contributed by atoms with van der Waals surface area (Å²) in [6.45, 7) is 1.74. The summed E-state index contributed by atoms with van der Waals surface area (Å²) in [4.78, 5) is 30.1. The van der Waals surface area contributed by atoms with Crippen molar-refractivity contribution in [1.29, 1.82) is 0 Å². The monoisotopic (exact) mass is 619 g/mol. The summed E-state index contributed by atoms with van der Waals surface area (Å²) < 4.78 is 18.7. The van der Waals surface area contributed by atoms with Gasteiger partial charge in [-0.25, -0.2) is 9.78 Å². The van der Waals surface area contributed by atoms with Gasteiger partial charge >= 0.3 is 5.97 Å². The molecule has 4 rings (SSSR count). The van der Waals surface area contributed by atoms with Crippen molar-refractivity contribution in [3.63, 3.8) is 0 Å². The summed E-state index contributed by atoms with van der Waals surface area (Å²) in [5.41, 5.74) is 1.13. The van der Waals surface area contributed by atoms with Gasteiger partial charge < -0.3 is 14.2 Å². The molecule has 36 heavy (non-hydrogen) atoms. The van der Waals surface area contributed by atoms with E-state index < -0.39 is 5.97 Å². The van der Waals surface area contributed by atoms with Crippen LogP contribution in [0.4, 0.5) is 0 Å². The van der Waals surface area contributed by atoms with Crippen molar-refractivity contribution in [3.8, 4) is 11.5 Å². The fraction of sp³-hybridized carbons (Fsp3) is 0.385. The van der Waals surface area contributed by atoms with Crippen LogP contribution in [0.25, 0.3) is 10.9 Å². The average Bonchev–Trinajstić information content (AvgIpc) is 2.90. The zero-order valence-corrected chi connectivity index (χ0v) is 23.3. The maximum absolute atomic E-state index is 13.4. The van der Waals surface area contributed by atoms with Gasteiger partial charge in [-0.1, -0.05) is 31.4 Å². The molecule has 0 bridgehead atoms. The molecule has 0 amide bonds. The summed E-state index contributed by atoms with van der Waals surface area (Å²) in [5.74, 6) is 1.13. The van der Waals surface area contributed by atoms with E-state index in [0.29, 0.717) is 42.7 Å². The van der Waals surface area contributed by atoms with Crippen molar-refractivity contribution in [3.05, 3.63) is 61.0 Å². The van der Waals surface area contributed by atoms with Gasteiger partial charge in [0.25, 0.3) is 5.56 Å². The van der Waals surface area contributed by atoms with Crippen LogP contribution in [0.5, 0.6) is 11.5 Å². The van der Waals surface area contributed by atoms with Gasteiger partial charge in [0.1, 0.15) is 5.82 Å². The summed E-state index contributed by atoms with van der Waals surface area (Å²) >= 11 is 7.08. The van der Waals surface area contributed by atoms with E-state index in [1.165, 1.54) is 18.2 Å². The van der Waals surface area contributed by atoms with Crippen molar-refractivity contribution >= 4 is 54.9 Å². The Labute approximate surface area is 225 Å². The number of rotatable bonds is 8. The number of hydrogen-bond acceptors (Lipinski definition) is 7. The zero-order chi connectivity index (χ0) is 25.7. The fourth-order valence-corrected chi connectivity index (χ4v) is 5.25. The number of benzene rings is 2. The molecule has 0 unspecified atom stereocenters. The number of carbonyl (C=O) groups is 1. The van der Waals surface area contributed by atoms with Crippen LogP contribution in [0.1, 0.15) is 56.3 Å². The summed E-state index contributed by atoms with van der Waals surface area (Å²) in [6.07, 6.45) is 6.98. The number of halogens is 2. The smallest absolute Gasteiger partial charge is 0.344 e. The maximum Gasteiger partial charge on any atom is 0.344 e. The molecule has 10 heteroatoms. The van der Waals surface area contributed by atoms with Crippen LogP contribution in [0.15, 0.2) is 49.2 Å². The zero-order valence-electron chi connectivity index (χ0n) is 20.1. The van der Waals surface area contributed by atoms with Crippen LogP contribution in [0.3, 0.4) is 0 Å². The first-order valence-electron chi connectivity index (χ1n) is 11.8. The Hall–Kier alpha value is -2.72. The number of esters is 1. The van der Waals surface area contributed by atoms with E-state index >= 15 is 0 Å². The Morgan fingerprint density at radius 2 is 1.94 bits per heavy atom. The molecule has 1 heterocycles. The third-order valence-corrected chi connectivity index (χ3v) is 8.22. The van der Waals surface area contributed by atoms with Crippen LogP contribution in [-0.4, -0.2) is 42.2 Å². The van der Waals surface area contributed by atoms with Crippen LogP contribution in [0.2, 0.25) is 0 Å². The SMILES string of the molecule is CCOC(=O)COc1c(OC)cc(C=Nn2c(C3CCCCC3)nc3ccccc3c2=O)c(Br)c1Br. The maximum atomic E-state index is 13.4. The molecule has 2 aromatic carbocycles. The normalized spacial score (nSPS) is 14.3. The molecule has 8 nitrogen and oxygen atoms in total. The molecule has 0 spiro atoms. The van der Waals surface area contributed by atoms with E-state index in [9.17, 15) is 9.59 Å². The van der Waals surface area contributed by atoms with Gasteiger partial charge in [0.05, 0.1) is 35.3 Å². The molecule has 0 N–H and O–H groups in total. The quantitative estimate of drug-likeness (QED) is 0.233. The summed E-state index contributed by atoms with van der Waals surface area (Å²) in [7, 11) is 1.51. The lowest BCUT2D eigenvalue weighted by Gasteiger charge is -2.22. The minimum Gasteiger partial charge on any atom is -0.493 e. The third-order valence-electron chi connectivity index (χ3n) is 6.08. The van der Waals surface area contributed by atoms with E-state index in [1.54, 1.807) is 25.3 Å². The van der Waals surface area contributed by atoms with Gasteiger partial charge in [0, 0.05) is 16.0 Å². The molecule has 1 aromatic heterocycles. The lowest BCUT2D eigenvalue weighted by atomic mass is 9.88. The molecule has 1 saturated carbocycles. The molecular weight excluding hydrogens is 594 g/mol. The fourth-order valence-electron chi connectivity index (χ4n) is 4.32. The third kappa shape index (κ3) is 5.64. The molecule has 1 fully saturated rings. The highest BCUT2D eigenvalue weighted by atomic mass is 79.9. The van der Waals surface area contributed by atoms with Gasteiger partial charge in [-0.3, -0.25) is 4.79 Å². The Kier molecular flexibility index (Phi) is 8.79. The van der Waals surface area contributed by atoms with Crippen molar-refractivity contribution in [2.75, 3.05) is 20.3 Å². The molecule has 0 radical (unpaired) electrons.